The van der Waals surface area contributed by atoms with Crippen LogP contribution in [0.5, 0.6) is 0 Å². The number of hydrogen-bond donors (Lipinski definition) is 1. The van der Waals surface area contributed by atoms with E-state index < -0.39 is 0 Å². The maximum atomic E-state index is 13.1. The zero-order valence-electron chi connectivity index (χ0n) is 18.5. The van der Waals surface area contributed by atoms with Gasteiger partial charge in [-0.2, -0.15) is 0 Å². The molecule has 3 aromatic carbocycles. The Hall–Kier alpha value is -3.73. The third kappa shape index (κ3) is 3.99. The van der Waals surface area contributed by atoms with Crippen molar-refractivity contribution in [2.75, 3.05) is 5.32 Å². The number of nitrogens with zero attached hydrogens (tertiary/aromatic N) is 3. The van der Waals surface area contributed by atoms with Crippen LogP contribution in [0.15, 0.2) is 60.7 Å². The molecule has 0 aliphatic rings. The highest BCUT2D eigenvalue weighted by molar-refractivity contribution is 6.02. The largest absolute Gasteiger partial charge is 0.319 e. The number of benzene rings is 3. The van der Waals surface area contributed by atoms with Crippen LogP contribution in [0.1, 0.15) is 38.4 Å². The fraction of sp³-hybridized carbons (Fsp3) is 0.192. The monoisotopic (exact) mass is 410 g/mol. The van der Waals surface area contributed by atoms with Crippen molar-refractivity contribution in [1.29, 1.82) is 0 Å². The summed E-state index contributed by atoms with van der Waals surface area (Å²) in [6.45, 7) is 10.1. The summed E-state index contributed by atoms with van der Waals surface area (Å²) in [4.78, 5) is 17.8. The van der Waals surface area contributed by atoms with E-state index in [1.165, 1.54) is 0 Å². The van der Waals surface area contributed by atoms with E-state index in [9.17, 15) is 4.79 Å². The number of carbonyl (C=O) groups is 1. The van der Waals surface area contributed by atoms with Crippen molar-refractivity contribution in [2.45, 2.75) is 34.6 Å². The van der Waals surface area contributed by atoms with E-state index in [-0.39, 0.29) is 11.7 Å². The molecule has 0 unspecified atom stereocenters. The minimum absolute atomic E-state index is 0.139. The quantitative estimate of drug-likeness (QED) is 0.467. The van der Waals surface area contributed by atoms with Crippen LogP contribution in [0, 0.1) is 34.6 Å². The second kappa shape index (κ2) is 8.19. The van der Waals surface area contributed by atoms with E-state index in [0.29, 0.717) is 5.82 Å². The third-order valence-corrected chi connectivity index (χ3v) is 5.61. The summed E-state index contributed by atoms with van der Waals surface area (Å²) >= 11 is 0. The van der Waals surface area contributed by atoms with Crippen LogP contribution in [-0.2, 0) is 0 Å². The summed E-state index contributed by atoms with van der Waals surface area (Å²) in [5, 5.41) is 7.64. The average Bonchev–Trinajstić information content (AvgIpc) is 3.18. The number of aryl methyl sites for hydroxylation is 4. The number of anilines is 1. The molecule has 1 aromatic heterocycles. The molecule has 1 heterocycles. The first-order chi connectivity index (χ1) is 14.8. The molecule has 0 saturated heterocycles. The minimum atomic E-state index is -0.324. The Balaban J connectivity index is 1.83. The minimum Gasteiger partial charge on any atom is -0.319 e. The summed E-state index contributed by atoms with van der Waals surface area (Å²) < 4.78 is 1.77. The van der Waals surface area contributed by atoms with Crippen molar-refractivity contribution in [2.24, 2.45) is 0 Å². The number of rotatable bonds is 4. The van der Waals surface area contributed by atoms with E-state index in [1.807, 2.05) is 69.3 Å². The summed E-state index contributed by atoms with van der Waals surface area (Å²) in [6.07, 6.45) is 0. The van der Waals surface area contributed by atoms with E-state index in [4.69, 9.17) is 0 Å². The number of nitrogens with one attached hydrogen (secondary N) is 1. The van der Waals surface area contributed by atoms with Crippen molar-refractivity contribution < 1.29 is 4.79 Å². The molecule has 0 aliphatic heterocycles. The maximum Gasteiger partial charge on any atom is 0.295 e. The Morgan fingerprint density at radius 3 is 2.19 bits per heavy atom. The first-order valence-electron chi connectivity index (χ1n) is 10.3. The molecular weight excluding hydrogens is 384 g/mol. The highest BCUT2D eigenvalue weighted by atomic mass is 16.2. The summed E-state index contributed by atoms with van der Waals surface area (Å²) in [6, 6.07) is 20.1. The molecule has 31 heavy (non-hydrogen) atoms. The van der Waals surface area contributed by atoms with Gasteiger partial charge < -0.3 is 5.32 Å². The first kappa shape index (κ1) is 20.5. The molecule has 5 nitrogen and oxygen atoms in total. The van der Waals surface area contributed by atoms with Gasteiger partial charge in [0, 0.05) is 11.3 Å². The third-order valence-electron chi connectivity index (χ3n) is 5.61. The number of amides is 1. The Bertz CT molecular complexity index is 1270. The summed E-state index contributed by atoms with van der Waals surface area (Å²) in [7, 11) is 0. The maximum absolute atomic E-state index is 13.1. The van der Waals surface area contributed by atoms with Crippen molar-refractivity contribution in [3.8, 4) is 17.1 Å². The van der Waals surface area contributed by atoms with Gasteiger partial charge >= 0.3 is 0 Å². The van der Waals surface area contributed by atoms with Crippen LogP contribution in [0.2, 0.25) is 0 Å². The van der Waals surface area contributed by atoms with Crippen LogP contribution >= 0.6 is 0 Å². The average molecular weight is 411 g/mol. The van der Waals surface area contributed by atoms with Crippen molar-refractivity contribution in [1.82, 2.24) is 14.8 Å². The zero-order valence-corrected chi connectivity index (χ0v) is 18.5. The SMILES string of the molecule is Cc1cccc(-c2nc(C(=O)Nc3c(C)cccc3C)nn2-c2cccc(C)c2C)c1. The lowest BCUT2D eigenvalue weighted by Crippen LogP contribution is -2.16. The molecule has 0 fully saturated rings. The van der Waals surface area contributed by atoms with Gasteiger partial charge in [0.05, 0.1) is 5.69 Å². The molecule has 4 rings (SSSR count). The fourth-order valence-corrected chi connectivity index (χ4v) is 3.69. The Morgan fingerprint density at radius 1 is 0.839 bits per heavy atom. The second-order valence-electron chi connectivity index (χ2n) is 7.98. The molecule has 156 valence electrons. The number of para-hydroxylation sites is 1. The standard InChI is InChI=1S/C26H26N4O/c1-16-9-6-13-21(15-16)25-28-24(26(31)27-23-18(3)11-7-12-19(23)4)29-30(25)22-14-8-10-17(2)20(22)5/h6-15H,1-5H3,(H,27,31). The molecule has 0 saturated carbocycles. The lowest BCUT2D eigenvalue weighted by molar-refractivity contribution is 0.101. The Morgan fingerprint density at radius 2 is 1.48 bits per heavy atom. The van der Waals surface area contributed by atoms with E-state index in [1.54, 1.807) is 4.68 Å². The van der Waals surface area contributed by atoms with Crippen molar-refractivity contribution in [3.05, 3.63) is 94.3 Å². The molecular formula is C26H26N4O. The van der Waals surface area contributed by atoms with E-state index >= 15 is 0 Å². The molecule has 0 radical (unpaired) electrons. The van der Waals surface area contributed by atoms with Gasteiger partial charge in [-0.15, -0.1) is 5.10 Å². The van der Waals surface area contributed by atoms with Gasteiger partial charge in [0.1, 0.15) is 0 Å². The van der Waals surface area contributed by atoms with Crippen LogP contribution in [-0.4, -0.2) is 20.7 Å². The lowest BCUT2D eigenvalue weighted by atomic mass is 10.1. The number of carbonyl (C=O) groups excluding carboxylic acids is 1. The molecule has 0 aliphatic carbocycles. The van der Waals surface area contributed by atoms with Gasteiger partial charge in [-0.3, -0.25) is 4.79 Å². The van der Waals surface area contributed by atoms with Crippen LogP contribution in [0.25, 0.3) is 17.1 Å². The highest BCUT2D eigenvalue weighted by Crippen LogP contribution is 2.26. The second-order valence-corrected chi connectivity index (χ2v) is 7.98. The molecule has 5 heteroatoms. The van der Waals surface area contributed by atoms with E-state index in [0.717, 1.165) is 44.8 Å². The van der Waals surface area contributed by atoms with Gasteiger partial charge in [-0.1, -0.05) is 54.1 Å². The van der Waals surface area contributed by atoms with Crippen LogP contribution < -0.4 is 5.32 Å². The Kier molecular flexibility index (Phi) is 5.42. The Labute approximate surface area is 182 Å². The molecule has 4 aromatic rings. The normalized spacial score (nSPS) is 10.9. The number of aromatic nitrogens is 3. The van der Waals surface area contributed by atoms with Crippen molar-refractivity contribution in [3.63, 3.8) is 0 Å². The van der Waals surface area contributed by atoms with Crippen molar-refractivity contribution >= 4 is 11.6 Å². The van der Waals surface area contributed by atoms with Gasteiger partial charge in [0.25, 0.3) is 5.91 Å². The van der Waals surface area contributed by atoms with E-state index in [2.05, 4.69) is 41.4 Å². The highest BCUT2D eigenvalue weighted by Gasteiger charge is 2.21. The molecule has 1 N–H and O–H groups in total. The first-order valence-corrected chi connectivity index (χ1v) is 10.3. The predicted octanol–water partition coefficient (Wildman–Crippen LogP) is 5.73. The smallest absolute Gasteiger partial charge is 0.295 e. The van der Waals surface area contributed by atoms with Crippen LogP contribution in [0.4, 0.5) is 5.69 Å². The predicted molar refractivity (Wildman–Crippen MR) is 125 cm³/mol. The summed E-state index contributed by atoms with van der Waals surface area (Å²) in [5.74, 6) is 0.458. The van der Waals surface area contributed by atoms with Gasteiger partial charge in [-0.25, -0.2) is 9.67 Å². The van der Waals surface area contributed by atoms with Crippen LogP contribution in [0.3, 0.4) is 0 Å². The molecule has 0 atom stereocenters. The van der Waals surface area contributed by atoms with Gasteiger partial charge in [0.2, 0.25) is 5.82 Å². The van der Waals surface area contributed by atoms with Gasteiger partial charge in [-0.05, 0) is 69.0 Å². The lowest BCUT2D eigenvalue weighted by Gasteiger charge is -2.11. The topological polar surface area (TPSA) is 59.8 Å². The fourth-order valence-electron chi connectivity index (χ4n) is 3.69. The molecule has 1 amide bonds. The summed E-state index contributed by atoms with van der Waals surface area (Å²) in [5.41, 5.74) is 8.01. The molecule has 0 bridgehead atoms. The van der Waals surface area contributed by atoms with Gasteiger partial charge in [0.15, 0.2) is 5.82 Å². The zero-order chi connectivity index (χ0) is 22.1. The molecule has 0 spiro atoms. The number of hydrogen-bond acceptors (Lipinski definition) is 3.